The van der Waals surface area contributed by atoms with Crippen molar-refractivity contribution in [2.24, 2.45) is 0 Å². The fourth-order valence-electron chi connectivity index (χ4n) is 3.10. The molecule has 21 heavy (non-hydrogen) atoms. The average molecular weight is 310 g/mol. The minimum Gasteiger partial charge on any atom is -0.393 e. The molecule has 2 aliphatic rings. The summed E-state index contributed by atoms with van der Waals surface area (Å²) in [4.78, 5) is 0.344. The van der Waals surface area contributed by atoms with E-state index >= 15 is 0 Å². The van der Waals surface area contributed by atoms with Gasteiger partial charge in [-0.15, -0.1) is 0 Å². The van der Waals surface area contributed by atoms with Crippen LogP contribution in [0.5, 0.6) is 0 Å². The molecule has 0 bridgehead atoms. The number of nitrogens with one attached hydrogen (secondary N) is 2. The number of rotatable bonds is 3. The number of hydrogen-bond acceptors (Lipinski definition) is 4. The molecule has 5 nitrogen and oxygen atoms in total. The number of sulfonamides is 1. The van der Waals surface area contributed by atoms with Crippen molar-refractivity contribution in [3.05, 3.63) is 23.8 Å². The molecule has 1 fully saturated rings. The molecular formula is C15H22N2O3S. The molecule has 1 aromatic carbocycles. The Morgan fingerprint density at radius 3 is 2.71 bits per heavy atom. The normalized spacial score (nSPS) is 26.0. The highest BCUT2D eigenvalue weighted by Gasteiger charge is 2.25. The molecule has 0 saturated heterocycles. The first-order chi connectivity index (χ1) is 10.0. The van der Waals surface area contributed by atoms with Gasteiger partial charge in [0.1, 0.15) is 0 Å². The van der Waals surface area contributed by atoms with Crippen LogP contribution in [0.25, 0.3) is 0 Å². The summed E-state index contributed by atoms with van der Waals surface area (Å²) in [7, 11) is -3.47. The molecule has 0 atom stereocenters. The first-order valence-electron chi connectivity index (χ1n) is 7.62. The summed E-state index contributed by atoms with van der Waals surface area (Å²) in [6.45, 7) is 0.946. The Morgan fingerprint density at radius 2 is 1.95 bits per heavy atom. The molecule has 1 saturated carbocycles. The van der Waals surface area contributed by atoms with Crippen molar-refractivity contribution in [1.29, 1.82) is 0 Å². The lowest BCUT2D eigenvalue weighted by Crippen LogP contribution is -2.38. The van der Waals surface area contributed by atoms with E-state index < -0.39 is 10.0 Å². The quantitative estimate of drug-likeness (QED) is 0.793. The number of hydrogen-bond donors (Lipinski definition) is 3. The third-order valence-electron chi connectivity index (χ3n) is 4.34. The maximum atomic E-state index is 12.5. The Labute approximate surface area is 125 Å². The van der Waals surface area contributed by atoms with Crippen LogP contribution in [-0.2, 0) is 16.4 Å². The smallest absolute Gasteiger partial charge is 0.240 e. The summed E-state index contributed by atoms with van der Waals surface area (Å²) in [6, 6.07) is 5.24. The van der Waals surface area contributed by atoms with Gasteiger partial charge in [-0.05, 0) is 62.3 Å². The largest absolute Gasteiger partial charge is 0.393 e. The highest BCUT2D eigenvalue weighted by molar-refractivity contribution is 7.89. The van der Waals surface area contributed by atoms with E-state index in [1.807, 2.05) is 6.07 Å². The summed E-state index contributed by atoms with van der Waals surface area (Å²) in [5, 5.41) is 12.8. The summed E-state index contributed by atoms with van der Waals surface area (Å²) in [5.74, 6) is 0. The third kappa shape index (κ3) is 3.39. The molecular weight excluding hydrogens is 288 g/mol. The van der Waals surface area contributed by atoms with Crippen molar-refractivity contribution < 1.29 is 13.5 Å². The second-order valence-corrected chi connectivity index (χ2v) is 7.69. The van der Waals surface area contributed by atoms with E-state index in [0.717, 1.165) is 30.6 Å². The third-order valence-corrected chi connectivity index (χ3v) is 5.86. The van der Waals surface area contributed by atoms with Crippen molar-refractivity contribution in [2.75, 3.05) is 11.9 Å². The second kappa shape index (κ2) is 5.94. The standard InChI is InChI=1S/C15H22N2O3S/c18-13-5-3-12(4-6-13)17-21(19,20)14-7-8-15-11(10-14)2-1-9-16-15/h7-8,10,12-13,16-18H,1-6,9H2. The Balaban J connectivity index is 1.75. The Bertz CT molecular complexity index is 607. The van der Waals surface area contributed by atoms with E-state index in [9.17, 15) is 13.5 Å². The fourth-order valence-corrected chi connectivity index (χ4v) is 4.45. The fraction of sp³-hybridized carbons (Fsp3) is 0.600. The van der Waals surface area contributed by atoms with E-state index in [2.05, 4.69) is 10.0 Å². The summed E-state index contributed by atoms with van der Waals surface area (Å²) in [6.07, 6.45) is 4.41. The lowest BCUT2D eigenvalue weighted by Gasteiger charge is -2.26. The van der Waals surface area contributed by atoms with Crippen molar-refractivity contribution in [2.45, 2.75) is 55.6 Å². The highest BCUT2D eigenvalue weighted by atomic mass is 32.2. The molecule has 3 N–H and O–H groups in total. The topological polar surface area (TPSA) is 78.4 Å². The number of benzene rings is 1. The first-order valence-corrected chi connectivity index (χ1v) is 9.10. The van der Waals surface area contributed by atoms with E-state index in [0.29, 0.717) is 30.6 Å². The number of anilines is 1. The van der Waals surface area contributed by atoms with Crippen LogP contribution in [0, 0.1) is 0 Å². The molecule has 6 heteroatoms. The van der Waals surface area contributed by atoms with Crippen LogP contribution in [-0.4, -0.2) is 32.2 Å². The molecule has 0 unspecified atom stereocenters. The molecule has 1 heterocycles. The number of aryl methyl sites for hydroxylation is 1. The maximum Gasteiger partial charge on any atom is 0.240 e. The number of fused-ring (bicyclic) bond motifs is 1. The number of aliphatic hydroxyl groups excluding tert-OH is 1. The van der Waals surface area contributed by atoms with Gasteiger partial charge in [0.25, 0.3) is 0 Å². The Kier molecular flexibility index (Phi) is 4.19. The molecule has 3 rings (SSSR count). The van der Waals surface area contributed by atoms with Gasteiger partial charge in [0.15, 0.2) is 0 Å². The van der Waals surface area contributed by atoms with Crippen molar-refractivity contribution in [3.8, 4) is 0 Å². The van der Waals surface area contributed by atoms with Gasteiger partial charge in [0, 0.05) is 18.3 Å². The van der Waals surface area contributed by atoms with Crippen molar-refractivity contribution >= 4 is 15.7 Å². The SMILES string of the molecule is O=S(=O)(NC1CCC(O)CC1)c1ccc2c(c1)CCCN2. The molecule has 116 valence electrons. The minimum absolute atomic E-state index is 0.0624. The van der Waals surface area contributed by atoms with Crippen LogP contribution in [0.15, 0.2) is 23.1 Å². The molecule has 0 radical (unpaired) electrons. The van der Waals surface area contributed by atoms with Crippen LogP contribution in [0.3, 0.4) is 0 Å². The van der Waals surface area contributed by atoms with E-state index in [1.54, 1.807) is 12.1 Å². The van der Waals surface area contributed by atoms with E-state index in [1.165, 1.54) is 0 Å². The van der Waals surface area contributed by atoms with Crippen molar-refractivity contribution in [3.63, 3.8) is 0 Å². The van der Waals surface area contributed by atoms with Crippen LogP contribution >= 0.6 is 0 Å². The van der Waals surface area contributed by atoms with Gasteiger partial charge in [-0.25, -0.2) is 13.1 Å². The molecule has 1 aliphatic carbocycles. The van der Waals surface area contributed by atoms with Crippen molar-refractivity contribution in [1.82, 2.24) is 4.72 Å². The van der Waals surface area contributed by atoms with Crippen LogP contribution in [0.1, 0.15) is 37.7 Å². The van der Waals surface area contributed by atoms with Gasteiger partial charge in [0.05, 0.1) is 11.0 Å². The Morgan fingerprint density at radius 1 is 1.19 bits per heavy atom. The average Bonchev–Trinajstić information content (AvgIpc) is 2.49. The van der Waals surface area contributed by atoms with Gasteiger partial charge >= 0.3 is 0 Å². The molecule has 0 amide bonds. The van der Waals surface area contributed by atoms with Gasteiger partial charge in [-0.2, -0.15) is 0 Å². The molecule has 1 aromatic rings. The molecule has 0 aromatic heterocycles. The first kappa shape index (κ1) is 14.8. The van der Waals surface area contributed by atoms with Crippen LogP contribution in [0.4, 0.5) is 5.69 Å². The second-order valence-electron chi connectivity index (χ2n) is 5.98. The lowest BCUT2D eigenvalue weighted by molar-refractivity contribution is 0.120. The number of aliphatic hydroxyl groups is 1. The lowest BCUT2D eigenvalue weighted by atomic mass is 9.94. The Hall–Kier alpha value is -1.11. The van der Waals surface area contributed by atoms with Gasteiger partial charge < -0.3 is 10.4 Å². The monoisotopic (exact) mass is 310 g/mol. The van der Waals surface area contributed by atoms with E-state index in [4.69, 9.17) is 0 Å². The summed E-state index contributed by atoms with van der Waals surface area (Å²) < 4.78 is 27.7. The summed E-state index contributed by atoms with van der Waals surface area (Å²) in [5.41, 5.74) is 2.11. The summed E-state index contributed by atoms with van der Waals surface area (Å²) >= 11 is 0. The van der Waals surface area contributed by atoms with Gasteiger partial charge in [0.2, 0.25) is 10.0 Å². The zero-order valence-electron chi connectivity index (χ0n) is 12.0. The zero-order valence-corrected chi connectivity index (χ0v) is 12.8. The molecule has 1 aliphatic heterocycles. The molecule has 0 spiro atoms. The van der Waals surface area contributed by atoms with E-state index in [-0.39, 0.29) is 12.1 Å². The van der Waals surface area contributed by atoms with Crippen LogP contribution in [0.2, 0.25) is 0 Å². The highest BCUT2D eigenvalue weighted by Crippen LogP contribution is 2.26. The predicted octanol–water partition coefficient (Wildman–Crippen LogP) is 1.63. The van der Waals surface area contributed by atoms with Gasteiger partial charge in [-0.3, -0.25) is 0 Å². The zero-order chi connectivity index (χ0) is 14.9. The maximum absolute atomic E-state index is 12.5. The van der Waals surface area contributed by atoms with Gasteiger partial charge in [-0.1, -0.05) is 0 Å². The van der Waals surface area contributed by atoms with Crippen LogP contribution < -0.4 is 10.0 Å². The predicted molar refractivity (Wildman–Crippen MR) is 81.8 cm³/mol. The minimum atomic E-state index is -3.47.